The highest BCUT2D eigenvalue weighted by molar-refractivity contribution is 6.07. The molecule has 2 aromatic rings. The van der Waals surface area contributed by atoms with Gasteiger partial charge < -0.3 is 24.4 Å². The number of halogens is 1. The second kappa shape index (κ2) is 9.30. The minimum absolute atomic E-state index is 0.108. The molecule has 1 unspecified atom stereocenters. The zero-order valence-electron chi connectivity index (χ0n) is 18.8. The van der Waals surface area contributed by atoms with E-state index in [9.17, 15) is 18.8 Å². The van der Waals surface area contributed by atoms with Crippen molar-refractivity contribution in [1.82, 2.24) is 24.7 Å². The number of imidazole rings is 1. The van der Waals surface area contributed by atoms with Crippen LogP contribution >= 0.6 is 0 Å². The number of aromatic nitrogens is 2. The summed E-state index contributed by atoms with van der Waals surface area (Å²) in [5.41, 5.74) is -0.0973. The number of morpholine rings is 1. The van der Waals surface area contributed by atoms with Crippen molar-refractivity contribution in [2.24, 2.45) is 0 Å². The Balaban J connectivity index is 1.58. The zero-order valence-corrected chi connectivity index (χ0v) is 18.8. The molecule has 2 aliphatic heterocycles. The van der Waals surface area contributed by atoms with Crippen LogP contribution in [0.3, 0.4) is 0 Å². The van der Waals surface area contributed by atoms with Gasteiger partial charge in [-0.3, -0.25) is 14.4 Å². The number of nitrogens with zero attached hydrogens (tertiary/aromatic N) is 4. The summed E-state index contributed by atoms with van der Waals surface area (Å²) in [6.45, 7) is 6.17. The fourth-order valence-electron chi connectivity index (χ4n) is 4.31. The minimum atomic E-state index is -1.17. The second-order valence-corrected chi connectivity index (χ2v) is 8.51. The van der Waals surface area contributed by atoms with E-state index < -0.39 is 11.4 Å². The summed E-state index contributed by atoms with van der Waals surface area (Å²) < 4.78 is 20.1. The fourth-order valence-corrected chi connectivity index (χ4v) is 4.31. The maximum absolute atomic E-state index is 13.6. The first kappa shape index (κ1) is 22.9. The van der Waals surface area contributed by atoms with Gasteiger partial charge in [-0.1, -0.05) is 19.1 Å². The Morgan fingerprint density at radius 1 is 1.21 bits per heavy atom. The van der Waals surface area contributed by atoms with E-state index in [2.05, 4.69) is 10.3 Å². The second-order valence-electron chi connectivity index (χ2n) is 8.51. The summed E-state index contributed by atoms with van der Waals surface area (Å²) in [5, 5.41) is 2.87. The first-order valence-corrected chi connectivity index (χ1v) is 11.1. The van der Waals surface area contributed by atoms with Crippen LogP contribution in [0.4, 0.5) is 4.39 Å². The van der Waals surface area contributed by atoms with Gasteiger partial charge in [-0.05, 0) is 31.0 Å². The number of benzene rings is 1. The van der Waals surface area contributed by atoms with E-state index in [0.717, 1.165) is 5.56 Å². The largest absolute Gasteiger partial charge is 0.378 e. The van der Waals surface area contributed by atoms with Crippen molar-refractivity contribution in [3.63, 3.8) is 0 Å². The lowest BCUT2D eigenvalue weighted by molar-refractivity contribution is -0.133. The molecule has 4 rings (SSSR count). The Hall–Kier alpha value is -3.27. The number of carbonyl (C=O) groups excluding carboxylic acids is 3. The molecule has 0 spiro atoms. The van der Waals surface area contributed by atoms with Gasteiger partial charge in [0.15, 0.2) is 5.69 Å². The van der Waals surface area contributed by atoms with E-state index in [0.29, 0.717) is 39.3 Å². The first-order valence-electron chi connectivity index (χ1n) is 11.1. The van der Waals surface area contributed by atoms with Gasteiger partial charge in [0.2, 0.25) is 5.91 Å². The number of rotatable bonds is 6. The Morgan fingerprint density at radius 3 is 2.58 bits per heavy atom. The third-order valence-corrected chi connectivity index (χ3v) is 6.16. The van der Waals surface area contributed by atoms with Gasteiger partial charge in [0.25, 0.3) is 11.8 Å². The summed E-state index contributed by atoms with van der Waals surface area (Å²) in [6.07, 6.45) is 2.10. The number of fused-ring (bicyclic) bond motifs is 1. The first-order chi connectivity index (χ1) is 15.8. The molecule has 1 N–H and O–H groups in total. The topological polar surface area (TPSA) is 96.8 Å². The highest BCUT2D eigenvalue weighted by atomic mass is 19.1. The van der Waals surface area contributed by atoms with Crippen molar-refractivity contribution in [3.05, 3.63) is 53.4 Å². The standard InChI is InChI=1S/C23H28FN5O4/c1-3-8-29-21(31)19-18(20(30)27-9-11-33-12-10-27)26-15-28(19)14-23(29,2)22(32)25-13-16-4-6-17(24)7-5-16/h4-7,15H,3,8-14H2,1-2H3,(H,25,32). The molecule has 0 saturated carbocycles. The summed E-state index contributed by atoms with van der Waals surface area (Å²) in [4.78, 5) is 47.3. The van der Waals surface area contributed by atoms with Gasteiger partial charge in [-0.2, -0.15) is 0 Å². The summed E-state index contributed by atoms with van der Waals surface area (Å²) in [5.74, 6) is -1.37. The quantitative estimate of drug-likeness (QED) is 0.708. The monoisotopic (exact) mass is 457 g/mol. The van der Waals surface area contributed by atoms with Gasteiger partial charge in [-0.25, -0.2) is 9.37 Å². The average Bonchev–Trinajstić information content (AvgIpc) is 3.24. The lowest BCUT2D eigenvalue weighted by atomic mass is 9.93. The average molecular weight is 458 g/mol. The number of amides is 3. The maximum atomic E-state index is 13.6. The predicted octanol–water partition coefficient (Wildman–Crippen LogP) is 1.44. The van der Waals surface area contributed by atoms with Crippen LogP contribution < -0.4 is 5.32 Å². The van der Waals surface area contributed by atoms with Gasteiger partial charge in [0.05, 0.1) is 26.1 Å². The Bertz CT molecular complexity index is 1050. The van der Waals surface area contributed by atoms with E-state index in [-0.39, 0.29) is 42.1 Å². The zero-order chi connectivity index (χ0) is 23.6. The minimum Gasteiger partial charge on any atom is -0.378 e. The van der Waals surface area contributed by atoms with E-state index in [1.165, 1.54) is 23.4 Å². The normalized spacial score (nSPS) is 20.5. The lowest BCUT2D eigenvalue weighted by Gasteiger charge is -2.43. The van der Waals surface area contributed by atoms with Crippen molar-refractivity contribution < 1.29 is 23.5 Å². The number of carbonyl (C=O) groups is 3. The number of ether oxygens (including phenoxy) is 1. The highest BCUT2D eigenvalue weighted by Crippen LogP contribution is 2.29. The van der Waals surface area contributed by atoms with E-state index in [1.54, 1.807) is 28.5 Å². The molecule has 3 amide bonds. The molecular formula is C23H28FN5O4. The summed E-state index contributed by atoms with van der Waals surface area (Å²) in [6, 6.07) is 5.87. The van der Waals surface area contributed by atoms with Crippen molar-refractivity contribution in [1.29, 1.82) is 0 Å². The van der Waals surface area contributed by atoms with Gasteiger partial charge in [-0.15, -0.1) is 0 Å². The van der Waals surface area contributed by atoms with E-state index in [1.807, 2.05) is 6.92 Å². The molecule has 3 heterocycles. The molecule has 176 valence electrons. The summed E-state index contributed by atoms with van der Waals surface area (Å²) >= 11 is 0. The van der Waals surface area contributed by atoms with E-state index >= 15 is 0 Å². The fraction of sp³-hybridized carbons (Fsp3) is 0.478. The SMILES string of the molecule is CCCN1C(=O)c2c(C(=O)N3CCOCC3)ncn2CC1(C)C(=O)NCc1ccc(F)cc1. The van der Waals surface area contributed by atoms with Crippen LogP contribution in [0.2, 0.25) is 0 Å². The smallest absolute Gasteiger partial charge is 0.275 e. The van der Waals surface area contributed by atoms with Crippen molar-refractivity contribution in [2.45, 2.75) is 38.9 Å². The third-order valence-electron chi connectivity index (χ3n) is 6.16. The summed E-state index contributed by atoms with van der Waals surface area (Å²) in [7, 11) is 0. The Labute approximate surface area is 191 Å². The van der Waals surface area contributed by atoms with Crippen LogP contribution in [0, 0.1) is 5.82 Å². The molecule has 1 atom stereocenters. The molecular weight excluding hydrogens is 429 g/mol. The van der Waals surface area contributed by atoms with E-state index in [4.69, 9.17) is 4.74 Å². The van der Waals surface area contributed by atoms with Gasteiger partial charge in [0.1, 0.15) is 17.1 Å². The third kappa shape index (κ3) is 4.35. The molecule has 1 saturated heterocycles. The number of hydrogen-bond donors (Lipinski definition) is 1. The van der Waals surface area contributed by atoms with Crippen LogP contribution in [-0.4, -0.2) is 75.5 Å². The molecule has 1 aromatic carbocycles. The predicted molar refractivity (Wildman–Crippen MR) is 117 cm³/mol. The molecule has 2 aliphatic rings. The van der Waals surface area contributed by atoms with Gasteiger partial charge in [0, 0.05) is 26.2 Å². The number of nitrogens with one attached hydrogen (secondary N) is 1. The van der Waals surface area contributed by atoms with Crippen LogP contribution in [0.25, 0.3) is 0 Å². The van der Waals surface area contributed by atoms with Gasteiger partial charge >= 0.3 is 0 Å². The molecule has 9 nitrogen and oxygen atoms in total. The molecule has 0 radical (unpaired) electrons. The molecule has 1 aromatic heterocycles. The highest BCUT2D eigenvalue weighted by Gasteiger charge is 2.48. The van der Waals surface area contributed by atoms with Crippen LogP contribution in [0.1, 0.15) is 46.8 Å². The van der Waals surface area contributed by atoms with Crippen LogP contribution in [0.5, 0.6) is 0 Å². The molecule has 0 bridgehead atoms. The number of hydrogen-bond acceptors (Lipinski definition) is 5. The lowest BCUT2D eigenvalue weighted by Crippen LogP contribution is -2.64. The van der Waals surface area contributed by atoms with Crippen LogP contribution in [0.15, 0.2) is 30.6 Å². The molecule has 0 aliphatic carbocycles. The van der Waals surface area contributed by atoms with Crippen molar-refractivity contribution in [3.8, 4) is 0 Å². The molecule has 33 heavy (non-hydrogen) atoms. The molecule has 1 fully saturated rings. The Morgan fingerprint density at radius 2 is 1.91 bits per heavy atom. The molecule has 10 heteroatoms. The van der Waals surface area contributed by atoms with Crippen LogP contribution in [-0.2, 0) is 22.6 Å². The van der Waals surface area contributed by atoms with Crippen molar-refractivity contribution >= 4 is 17.7 Å². The maximum Gasteiger partial charge on any atom is 0.275 e. The van der Waals surface area contributed by atoms with Crippen molar-refractivity contribution in [2.75, 3.05) is 32.8 Å². The Kier molecular flexibility index (Phi) is 6.46.